The van der Waals surface area contributed by atoms with Crippen molar-refractivity contribution in [2.75, 3.05) is 5.32 Å². The first-order valence-corrected chi connectivity index (χ1v) is 9.18. The van der Waals surface area contributed by atoms with Crippen molar-refractivity contribution in [3.63, 3.8) is 0 Å². The van der Waals surface area contributed by atoms with Gasteiger partial charge in [-0.1, -0.05) is 25.4 Å². The van der Waals surface area contributed by atoms with Crippen LogP contribution < -0.4 is 5.32 Å². The molecule has 0 aliphatic heterocycles. The molecule has 7 heteroatoms. The molecule has 1 aliphatic carbocycles. The molecule has 0 unspecified atom stereocenters. The molecule has 0 atom stereocenters. The predicted octanol–water partition coefficient (Wildman–Crippen LogP) is 4.09. The summed E-state index contributed by atoms with van der Waals surface area (Å²) in [5, 5.41) is 8.34. The van der Waals surface area contributed by atoms with E-state index in [1.165, 1.54) is 17.7 Å². The first kappa shape index (κ1) is 16.5. The highest BCUT2D eigenvalue weighted by atomic mass is 35.5. The van der Waals surface area contributed by atoms with Crippen LogP contribution >= 0.6 is 22.9 Å². The van der Waals surface area contributed by atoms with Gasteiger partial charge < -0.3 is 0 Å². The second-order valence-electron chi connectivity index (χ2n) is 6.38. The topological polar surface area (TPSA) is 59.8 Å². The average molecular weight is 353 g/mol. The number of nitrogens with zero attached hydrogens (tertiary/aromatic N) is 3. The standard InChI is InChI=1S/C16H21ClN4OS/c1-9(2)8-21-14(17)13(10(3)20-21)15(22)19-16-18-11-6-4-5-7-12(11)23-16/h9H,4-8H2,1-3H3,(H,18,19,22). The van der Waals surface area contributed by atoms with Crippen molar-refractivity contribution >= 4 is 34.0 Å². The zero-order valence-corrected chi connectivity index (χ0v) is 15.2. The molecule has 0 fully saturated rings. The Bertz CT molecular complexity index is 711. The number of hydrogen-bond donors (Lipinski definition) is 1. The first-order valence-electron chi connectivity index (χ1n) is 7.98. The summed E-state index contributed by atoms with van der Waals surface area (Å²) < 4.78 is 1.70. The summed E-state index contributed by atoms with van der Waals surface area (Å²) in [7, 11) is 0. The molecule has 1 N–H and O–H groups in total. The molecule has 0 bridgehead atoms. The molecule has 0 saturated heterocycles. The van der Waals surface area contributed by atoms with E-state index < -0.39 is 0 Å². The van der Waals surface area contributed by atoms with Crippen LogP contribution in [0.2, 0.25) is 5.15 Å². The summed E-state index contributed by atoms with van der Waals surface area (Å²) in [4.78, 5) is 18.4. The van der Waals surface area contributed by atoms with Crippen molar-refractivity contribution in [1.82, 2.24) is 14.8 Å². The van der Waals surface area contributed by atoms with Gasteiger partial charge in [0, 0.05) is 11.4 Å². The van der Waals surface area contributed by atoms with E-state index in [0.717, 1.165) is 18.5 Å². The SMILES string of the molecule is Cc1nn(CC(C)C)c(Cl)c1C(=O)Nc1nc2c(s1)CCCC2. The number of nitrogens with one attached hydrogen (secondary N) is 1. The van der Waals surface area contributed by atoms with Crippen molar-refractivity contribution in [1.29, 1.82) is 0 Å². The van der Waals surface area contributed by atoms with E-state index in [1.54, 1.807) is 16.0 Å². The molecule has 0 spiro atoms. The van der Waals surface area contributed by atoms with Gasteiger partial charge in [0.25, 0.3) is 5.91 Å². The third-order valence-corrected chi connectivity index (χ3v) is 5.35. The van der Waals surface area contributed by atoms with Crippen molar-refractivity contribution in [2.45, 2.75) is 53.0 Å². The van der Waals surface area contributed by atoms with Gasteiger partial charge in [0.1, 0.15) is 5.15 Å². The summed E-state index contributed by atoms with van der Waals surface area (Å²) in [6, 6.07) is 0. The lowest BCUT2D eigenvalue weighted by molar-refractivity contribution is 0.102. The van der Waals surface area contributed by atoms with Gasteiger partial charge in [0.2, 0.25) is 0 Å². The van der Waals surface area contributed by atoms with E-state index in [1.807, 2.05) is 6.92 Å². The van der Waals surface area contributed by atoms with Gasteiger partial charge in [-0.3, -0.25) is 14.8 Å². The minimum atomic E-state index is -0.228. The number of carbonyl (C=O) groups excluding carboxylic acids is 1. The first-order chi connectivity index (χ1) is 11.0. The third-order valence-electron chi connectivity index (χ3n) is 3.90. The number of carbonyl (C=O) groups is 1. The minimum Gasteiger partial charge on any atom is -0.298 e. The van der Waals surface area contributed by atoms with Crippen molar-refractivity contribution in [3.8, 4) is 0 Å². The van der Waals surface area contributed by atoms with Crippen molar-refractivity contribution < 1.29 is 4.79 Å². The second kappa shape index (κ2) is 6.61. The lowest BCUT2D eigenvalue weighted by Crippen LogP contribution is -2.13. The van der Waals surface area contributed by atoms with Crippen LogP contribution in [0.1, 0.15) is 53.3 Å². The van der Waals surface area contributed by atoms with Crippen LogP contribution in [0.4, 0.5) is 5.13 Å². The van der Waals surface area contributed by atoms with E-state index in [0.29, 0.717) is 34.0 Å². The molecule has 2 heterocycles. The maximum absolute atomic E-state index is 12.6. The average Bonchev–Trinajstić information content (AvgIpc) is 2.99. The number of aryl methyl sites for hydroxylation is 3. The van der Waals surface area contributed by atoms with E-state index >= 15 is 0 Å². The molecule has 2 aromatic rings. The molecule has 1 aliphatic rings. The number of rotatable bonds is 4. The van der Waals surface area contributed by atoms with Gasteiger partial charge in [-0.2, -0.15) is 5.10 Å². The fourth-order valence-electron chi connectivity index (χ4n) is 2.84. The predicted molar refractivity (Wildman–Crippen MR) is 93.5 cm³/mol. The number of amides is 1. The van der Waals surface area contributed by atoms with E-state index in [9.17, 15) is 4.79 Å². The van der Waals surface area contributed by atoms with Gasteiger partial charge in [0.15, 0.2) is 5.13 Å². The zero-order valence-electron chi connectivity index (χ0n) is 13.6. The van der Waals surface area contributed by atoms with Crippen LogP contribution in [0.5, 0.6) is 0 Å². The van der Waals surface area contributed by atoms with E-state index in [2.05, 4.69) is 29.2 Å². The summed E-state index contributed by atoms with van der Waals surface area (Å²) in [5.74, 6) is 0.182. The number of fused-ring (bicyclic) bond motifs is 1. The highest BCUT2D eigenvalue weighted by molar-refractivity contribution is 7.15. The van der Waals surface area contributed by atoms with E-state index in [-0.39, 0.29) is 5.91 Å². The monoisotopic (exact) mass is 352 g/mol. The molecule has 0 aromatic carbocycles. The Balaban J connectivity index is 1.80. The molecule has 2 aromatic heterocycles. The highest BCUT2D eigenvalue weighted by Crippen LogP contribution is 2.30. The van der Waals surface area contributed by atoms with Crippen LogP contribution in [-0.4, -0.2) is 20.7 Å². The minimum absolute atomic E-state index is 0.228. The van der Waals surface area contributed by atoms with Crippen LogP contribution in [0.15, 0.2) is 0 Å². The molecule has 23 heavy (non-hydrogen) atoms. The normalized spacial score (nSPS) is 14.1. The highest BCUT2D eigenvalue weighted by Gasteiger charge is 2.23. The van der Waals surface area contributed by atoms with Gasteiger partial charge in [0.05, 0.1) is 17.0 Å². The van der Waals surface area contributed by atoms with Crippen LogP contribution in [-0.2, 0) is 19.4 Å². The molecule has 1 amide bonds. The Morgan fingerprint density at radius 1 is 1.39 bits per heavy atom. The molecule has 5 nitrogen and oxygen atoms in total. The summed E-state index contributed by atoms with van der Waals surface area (Å²) in [6.07, 6.45) is 4.45. The second-order valence-corrected chi connectivity index (χ2v) is 7.82. The lowest BCUT2D eigenvalue weighted by Gasteiger charge is -2.06. The molecule has 124 valence electrons. The van der Waals surface area contributed by atoms with Crippen molar-refractivity contribution in [3.05, 3.63) is 27.0 Å². The lowest BCUT2D eigenvalue weighted by atomic mass is 10.0. The Kier molecular flexibility index (Phi) is 4.73. The number of hydrogen-bond acceptors (Lipinski definition) is 4. The quantitative estimate of drug-likeness (QED) is 0.901. The van der Waals surface area contributed by atoms with Crippen LogP contribution in [0, 0.1) is 12.8 Å². The Hall–Kier alpha value is -1.40. The van der Waals surface area contributed by atoms with Crippen molar-refractivity contribution in [2.24, 2.45) is 5.92 Å². The molecular weight excluding hydrogens is 332 g/mol. The van der Waals surface area contributed by atoms with E-state index in [4.69, 9.17) is 11.6 Å². The van der Waals surface area contributed by atoms with Gasteiger partial charge in [-0.25, -0.2) is 4.98 Å². The molecule has 3 rings (SSSR count). The van der Waals surface area contributed by atoms with Gasteiger partial charge in [-0.15, -0.1) is 11.3 Å². The summed E-state index contributed by atoms with van der Waals surface area (Å²) >= 11 is 7.93. The maximum Gasteiger partial charge on any atom is 0.262 e. The number of thiazole rings is 1. The maximum atomic E-state index is 12.6. The fourth-order valence-corrected chi connectivity index (χ4v) is 4.22. The van der Waals surface area contributed by atoms with Gasteiger partial charge >= 0.3 is 0 Å². The summed E-state index contributed by atoms with van der Waals surface area (Å²) in [6.45, 7) is 6.68. The molecular formula is C16H21ClN4OS. The Morgan fingerprint density at radius 2 is 2.13 bits per heavy atom. The third kappa shape index (κ3) is 3.43. The van der Waals surface area contributed by atoms with Crippen LogP contribution in [0.3, 0.4) is 0 Å². The Morgan fingerprint density at radius 3 is 2.83 bits per heavy atom. The zero-order chi connectivity index (χ0) is 16.6. The number of halogens is 1. The molecule has 0 radical (unpaired) electrons. The number of aromatic nitrogens is 3. The summed E-state index contributed by atoms with van der Waals surface area (Å²) in [5.41, 5.74) is 2.23. The molecule has 0 saturated carbocycles. The van der Waals surface area contributed by atoms with Gasteiger partial charge in [-0.05, 0) is 38.5 Å². The smallest absolute Gasteiger partial charge is 0.262 e. The fraction of sp³-hybridized carbons (Fsp3) is 0.562. The number of anilines is 1. The van der Waals surface area contributed by atoms with Crippen LogP contribution in [0.25, 0.3) is 0 Å². The Labute approximate surface area is 145 Å². The largest absolute Gasteiger partial charge is 0.298 e.